The molecule has 0 bridgehead atoms. The van der Waals surface area contributed by atoms with Gasteiger partial charge in [0.1, 0.15) is 19.3 Å². The standard InChI is InChI=1S/C87H170O17P2/c1-6-9-12-15-18-21-24-27-29-30-34-38-41-46-51-56-61-66-71-85(90)98-77-83(104-87(92)73-68-63-58-53-48-43-39-35-32-31-33-37-40-44-49-54-59-64-69-80(4)5)79-102-106(95,96)100-75-81(88)74-99-105(93,94)101-78-82(76-97-84(89)70-65-60-55-50-45-26-23-20-17-14-11-8-3)103-86(91)72-67-62-57-52-47-42-36-28-25-22-19-16-13-10-7-2/h80-83,88H,6-79H2,1-5H3,(H,93,94)(H,95,96)/t81-,82+,83+/m0/s1. The van der Waals surface area contributed by atoms with Crippen LogP contribution in [0.25, 0.3) is 0 Å². The Morgan fingerprint density at radius 2 is 0.434 bits per heavy atom. The Bertz CT molecular complexity index is 2010. The summed E-state index contributed by atoms with van der Waals surface area (Å²) in [4.78, 5) is 73.3. The van der Waals surface area contributed by atoms with E-state index in [9.17, 15) is 43.2 Å². The van der Waals surface area contributed by atoms with Gasteiger partial charge in [-0.3, -0.25) is 37.3 Å². The van der Waals surface area contributed by atoms with Crippen molar-refractivity contribution in [1.29, 1.82) is 0 Å². The maximum atomic E-state index is 13.2. The number of rotatable bonds is 87. The lowest BCUT2D eigenvalue weighted by Gasteiger charge is -2.21. The molecule has 0 radical (unpaired) electrons. The van der Waals surface area contributed by atoms with Crippen LogP contribution in [-0.2, 0) is 65.4 Å². The van der Waals surface area contributed by atoms with Crippen molar-refractivity contribution in [2.75, 3.05) is 39.6 Å². The van der Waals surface area contributed by atoms with Gasteiger partial charge in [-0.1, -0.05) is 420 Å². The van der Waals surface area contributed by atoms with Gasteiger partial charge < -0.3 is 33.8 Å². The summed E-state index contributed by atoms with van der Waals surface area (Å²) in [5.41, 5.74) is 0. The van der Waals surface area contributed by atoms with Crippen LogP contribution in [-0.4, -0.2) is 96.7 Å². The summed E-state index contributed by atoms with van der Waals surface area (Å²) >= 11 is 0. The number of phosphoric acid groups is 2. The molecule has 19 heteroatoms. The van der Waals surface area contributed by atoms with Gasteiger partial charge in [0.05, 0.1) is 26.4 Å². The van der Waals surface area contributed by atoms with Crippen LogP contribution >= 0.6 is 15.6 Å². The van der Waals surface area contributed by atoms with Crippen molar-refractivity contribution in [1.82, 2.24) is 0 Å². The van der Waals surface area contributed by atoms with E-state index in [1.165, 1.54) is 295 Å². The number of phosphoric ester groups is 2. The van der Waals surface area contributed by atoms with E-state index in [0.717, 1.165) is 95.8 Å². The fourth-order valence-corrected chi connectivity index (χ4v) is 15.2. The highest BCUT2D eigenvalue weighted by atomic mass is 31.2. The number of carbonyl (C=O) groups is 4. The monoisotopic (exact) mass is 1550 g/mol. The topological polar surface area (TPSA) is 237 Å². The maximum Gasteiger partial charge on any atom is 0.472 e. The normalized spacial score (nSPS) is 13.7. The number of unbranched alkanes of at least 4 members (excludes halogenated alkanes) is 59. The van der Waals surface area contributed by atoms with Crippen LogP contribution in [0.1, 0.15) is 471 Å². The first-order valence-corrected chi connectivity index (χ1v) is 48.1. The van der Waals surface area contributed by atoms with E-state index in [0.29, 0.717) is 25.7 Å². The molecule has 0 aliphatic heterocycles. The van der Waals surface area contributed by atoms with Crippen molar-refractivity contribution in [2.24, 2.45) is 5.92 Å². The van der Waals surface area contributed by atoms with E-state index < -0.39 is 97.5 Å². The second-order valence-electron chi connectivity index (χ2n) is 31.8. The van der Waals surface area contributed by atoms with E-state index in [1.54, 1.807) is 0 Å². The first-order valence-electron chi connectivity index (χ1n) is 45.1. The SMILES string of the molecule is CCCCCCCCCCCCCCCCCCCCC(=O)OC[C@H](COP(=O)(O)OC[C@@H](O)COP(=O)(O)OC[C@@H](COC(=O)CCCCCCCCCCCCCC)OC(=O)CCCCCCCCCCCCCCCCC)OC(=O)CCCCCCCCCCCCCCCCCCCCC(C)C. The highest BCUT2D eigenvalue weighted by Gasteiger charge is 2.30. The summed E-state index contributed by atoms with van der Waals surface area (Å²) in [6.07, 6.45) is 73.5. The maximum absolute atomic E-state index is 13.2. The Hall–Kier alpha value is -1.94. The van der Waals surface area contributed by atoms with E-state index in [2.05, 4.69) is 34.6 Å². The molecule has 5 atom stereocenters. The molecule has 0 aliphatic rings. The smallest absolute Gasteiger partial charge is 0.462 e. The van der Waals surface area contributed by atoms with Crippen molar-refractivity contribution in [3.05, 3.63) is 0 Å². The number of ether oxygens (including phenoxy) is 4. The van der Waals surface area contributed by atoms with E-state index in [1.807, 2.05) is 0 Å². The van der Waals surface area contributed by atoms with Crippen LogP contribution in [0.15, 0.2) is 0 Å². The highest BCUT2D eigenvalue weighted by molar-refractivity contribution is 7.47. The molecule has 0 fully saturated rings. The van der Waals surface area contributed by atoms with Crippen LogP contribution < -0.4 is 0 Å². The second-order valence-corrected chi connectivity index (χ2v) is 34.7. The number of esters is 4. The number of aliphatic hydroxyl groups excluding tert-OH is 1. The molecule has 0 heterocycles. The van der Waals surface area contributed by atoms with Crippen LogP contribution in [0.5, 0.6) is 0 Å². The Kier molecular flexibility index (Phi) is 78.2. The van der Waals surface area contributed by atoms with Gasteiger partial charge in [0.25, 0.3) is 0 Å². The number of carbonyl (C=O) groups excluding carboxylic acids is 4. The Balaban J connectivity index is 5.24. The van der Waals surface area contributed by atoms with Gasteiger partial charge in [-0.25, -0.2) is 9.13 Å². The molecule has 2 unspecified atom stereocenters. The number of hydrogen-bond acceptors (Lipinski definition) is 15. The highest BCUT2D eigenvalue weighted by Crippen LogP contribution is 2.45. The third-order valence-corrected chi connectivity index (χ3v) is 22.4. The summed E-state index contributed by atoms with van der Waals surface area (Å²) in [5, 5.41) is 10.7. The number of aliphatic hydroxyl groups is 1. The van der Waals surface area contributed by atoms with Crippen molar-refractivity contribution in [3.8, 4) is 0 Å². The predicted octanol–water partition coefficient (Wildman–Crippen LogP) is 26.8. The molecular formula is C87H170O17P2. The molecule has 0 aromatic heterocycles. The molecule has 630 valence electrons. The van der Waals surface area contributed by atoms with Crippen LogP contribution in [0, 0.1) is 5.92 Å². The average molecular weight is 1550 g/mol. The van der Waals surface area contributed by atoms with Crippen LogP contribution in [0.3, 0.4) is 0 Å². The lowest BCUT2D eigenvalue weighted by atomic mass is 10.0. The molecule has 0 spiro atoms. The van der Waals surface area contributed by atoms with Gasteiger partial charge in [-0.05, 0) is 31.6 Å². The molecule has 17 nitrogen and oxygen atoms in total. The second kappa shape index (κ2) is 79.7. The first-order chi connectivity index (χ1) is 51.5. The molecule has 0 saturated heterocycles. The van der Waals surface area contributed by atoms with Crippen molar-refractivity contribution < 1.29 is 80.2 Å². The summed E-state index contributed by atoms with van der Waals surface area (Å²) in [6.45, 7) is 7.41. The first kappa shape index (κ1) is 104. The predicted molar refractivity (Wildman–Crippen MR) is 437 cm³/mol. The van der Waals surface area contributed by atoms with Crippen molar-refractivity contribution in [2.45, 2.75) is 490 Å². The quantitative estimate of drug-likeness (QED) is 0.0222. The molecule has 0 rings (SSSR count). The van der Waals surface area contributed by atoms with Crippen molar-refractivity contribution >= 4 is 39.5 Å². The molecular weight excluding hydrogens is 1380 g/mol. The Labute approximate surface area is 651 Å². The van der Waals surface area contributed by atoms with Gasteiger partial charge in [0, 0.05) is 25.7 Å². The summed E-state index contributed by atoms with van der Waals surface area (Å²) in [7, 11) is -9.93. The average Bonchev–Trinajstić information content (AvgIpc) is 0.903. The van der Waals surface area contributed by atoms with Crippen LogP contribution in [0.4, 0.5) is 0 Å². The minimum atomic E-state index is -4.97. The minimum absolute atomic E-state index is 0.109. The fraction of sp³-hybridized carbons (Fsp3) is 0.954. The zero-order valence-corrected chi connectivity index (χ0v) is 71.4. The summed E-state index contributed by atoms with van der Waals surface area (Å²) < 4.78 is 69.0. The molecule has 0 amide bonds. The van der Waals surface area contributed by atoms with Gasteiger partial charge in [0.15, 0.2) is 12.2 Å². The third kappa shape index (κ3) is 80.1. The largest absolute Gasteiger partial charge is 0.472 e. The van der Waals surface area contributed by atoms with Crippen molar-refractivity contribution in [3.63, 3.8) is 0 Å². The lowest BCUT2D eigenvalue weighted by molar-refractivity contribution is -0.161. The van der Waals surface area contributed by atoms with Gasteiger partial charge >= 0.3 is 39.5 Å². The minimum Gasteiger partial charge on any atom is -0.462 e. The van der Waals surface area contributed by atoms with Gasteiger partial charge in [0.2, 0.25) is 0 Å². The van der Waals surface area contributed by atoms with Gasteiger partial charge in [-0.15, -0.1) is 0 Å². The zero-order chi connectivity index (χ0) is 77.6. The van der Waals surface area contributed by atoms with E-state index >= 15 is 0 Å². The molecule has 3 N–H and O–H groups in total. The summed E-state index contributed by atoms with van der Waals surface area (Å²) in [6, 6.07) is 0. The number of hydrogen-bond donors (Lipinski definition) is 3. The zero-order valence-electron chi connectivity index (χ0n) is 69.6. The van der Waals surface area contributed by atoms with E-state index in [-0.39, 0.29) is 25.7 Å². The van der Waals surface area contributed by atoms with Gasteiger partial charge in [-0.2, -0.15) is 0 Å². The van der Waals surface area contributed by atoms with Crippen LogP contribution in [0.2, 0.25) is 0 Å². The Morgan fingerprint density at radius 1 is 0.255 bits per heavy atom. The Morgan fingerprint density at radius 3 is 0.642 bits per heavy atom. The molecule has 0 aliphatic carbocycles. The fourth-order valence-electron chi connectivity index (χ4n) is 13.6. The molecule has 0 aromatic rings. The van der Waals surface area contributed by atoms with E-state index in [4.69, 9.17) is 37.0 Å². The summed E-state index contributed by atoms with van der Waals surface area (Å²) in [5.74, 6) is -1.28. The third-order valence-electron chi connectivity index (χ3n) is 20.5. The molecule has 0 saturated carbocycles. The molecule has 0 aromatic carbocycles. The molecule has 106 heavy (non-hydrogen) atoms. The lowest BCUT2D eigenvalue weighted by Crippen LogP contribution is -2.30.